The Morgan fingerprint density at radius 3 is 2.47 bits per heavy atom. The maximum atomic E-state index is 12.7. The molecule has 1 fully saturated rings. The van der Waals surface area contributed by atoms with Gasteiger partial charge in [0.1, 0.15) is 5.82 Å². The van der Waals surface area contributed by atoms with Crippen molar-refractivity contribution in [2.24, 2.45) is 0 Å². The van der Waals surface area contributed by atoms with Crippen molar-refractivity contribution < 1.29 is 14.7 Å². The molecule has 30 heavy (non-hydrogen) atoms. The van der Waals surface area contributed by atoms with Gasteiger partial charge in [-0.15, -0.1) is 0 Å². The van der Waals surface area contributed by atoms with Gasteiger partial charge in [-0.1, -0.05) is 6.92 Å². The summed E-state index contributed by atoms with van der Waals surface area (Å²) >= 11 is 0. The SMILES string of the molecule is CC1CC(=O)N2C[C@@H](CN3CCC(N(C(=O)O)C(C)(C)C)CC3)n3c2c1ccc3=O. The molecule has 0 saturated carbocycles. The molecule has 4 rings (SSSR count). The fourth-order valence-corrected chi connectivity index (χ4v) is 5.45. The van der Waals surface area contributed by atoms with Crippen molar-refractivity contribution >= 4 is 17.8 Å². The fourth-order valence-electron chi connectivity index (χ4n) is 5.45. The summed E-state index contributed by atoms with van der Waals surface area (Å²) in [5.41, 5.74) is 0.597. The number of carbonyl (C=O) groups excluding carboxylic acids is 1. The van der Waals surface area contributed by atoms with Gasteiger partial charge in [0.15, 0.2) is 0 Å². The highest BCUT2D eigenvalue weighted by Crippen LogP contribution is 2.40. The smallest absolute Gasteiger partial charge is 0.407 e. The van der Waals surface area contributed by atoms with Gasteiger partial charge >= 0.3 is 6.09 Å². The first-order chi connectivity index (χ1) is 14.1. The van der Waals surface area contributed by atoms with E-state index in [9.17, 15) is 19.5 Å². The molecule has 2 amide bonds. The molecule has 0 aromatic carbocycles. The fraction of sp³-hybridized carbons (Fsp3) is 0.682. The number of hydrogen-bond donors (Lipinski definition) is 1. The number of aromatic nitrogens is 1. The van der Waals surface area contributed by atoms with Crippen LogP contribution in [-0.4, -0.2) is 69.2 Å². The second kappa shape index (κ2) is 7.41. The zero-order valence-corrected chi connectivity index (χ0v) is 18.3. The minimum absolute atomic E-state index is 0.00458. The summed E-state index contributed by atoms with van der Waals surface area (Å²) in [6.07, 6.45) is 1.17. The van der Waals surface area contributed by atoms with Crippen molar-refractivity contribution in [3.05, 3.63) is 28.0 Å². The first-order valence-electron chi connectivity index (χ1n) is 10.9. The number of carbonyl (C=O) groups is 2. The Balaban J connectivity index is 1.49. The van der Waals surface area contributed by atoms with Crippen molar-refractivity contribution in [3.8, 4) is 0 Å². The van der Waals surface area contributed by atoms with E-state index in [-0.39, 0.29) is 29.5 Å². The van der Waals surface area contributed by atoms with E-state index in [1.54, 1.807) is 15.9 Å². The van der Waals surface area contributed by atoms with Gasteiger partial charge in [0.2, 0.25) is 5.91 Å². The highest BCUT2D eigenvalue weighted by atomic mass is 16.4. The number of pyridine rings is 1. The molecule has 0 aliphatic carbocycles. The van der Waals surface area contributed by atoms with E-state index >= 15 is 0 Å². The Labute approximate surface area is 177 Å². The van der Waals surface area contributed by atoms with Gasteiger partial charge in [-0.3, -0.25) is 19.1 Å². The molecule has 1 saturated heterocycles. The lowest BCUT2D eigenvalue weighted by Gasteiger charge is -2.43. The summed E-state index contributed by atoms with van der Waals surface area (Å²) in [6, 6.07) is 3.45. The summed E-state index contributed by atoms with van der Waals surface area (Å²) in [4.78, 5) is 42.7. The number of carboxylic acid groups (broad SMARTS) is 1. The molecule has 1 aromatic heterocycles. The monoisotopic (exact) mass is 416 g/mol. The number of amides is 2. The molecular formula is C22H32N4O4. The molecule has 1 unspecified atom stereocenters. The second-order valence-corrected chi connectivity index (χ2v) is 9.94. The highest BCUT2D eigenvalue weighted by Gasteiger charge is 2.41. The predicted molar refractivity (Wildman–Crippen MR) is 114 cm³/mol. The molecule has 3 aliphatic rings. The predicted octanol–water partition coefficient (Wildman–Crippen LogP) is 2.49. The third-order valence-corrected chi connectivity index (χ3v) is 6.78. The second-order valence-electron chi connectivity index (χ2n) is 9.94. The number of piperidine rings is 1. The van der Waals surface area contributed by atoms with Crippen LogP contribution in [0, 0.1) is 0 Å². The van der Waals surface area contributed by atoms with E-state index in [1.807, 2.05) is 38.3 Å². The first-order valence-corrected chi connectivity index (χ1v) is 10.9. The number of nitrogens with zero attached hydrogens (tertiary/aromatic N) is 4. The van der Waals surface area contributed by atoms with Crippen LogP contribution in [0.3, 0.4) is 0 Å². The molecule has 3 aliphatic heterocycles. The van der Waals surface area contributed by atoms with Crippen molar-refractivity contribution in [2.45, 2.75) is 70.5 Å². The van der Waals surface area contributed by atoms with E-state index in [2.05, 4.69) is 4.90 Å². The number of likely N-dealkylation sites (tertiary alicyclic amines) is 1. The average Bonchev–Trinajstić information content (AvgIpc) is 3.02. The van der Waals surface area contributed by atoms with Crippen LogP contribution in [0.15, 0.2) is 16.9 Å². The summed E-state index contributed by atoms with van der Waals surface area (Å²) < 4.78 is 1.81. The van der Waals surface area contributed by atoms with Crippen LogP contribution in [0.25, 0.3) is 0 Å². The summed E-state index contributed by atoms with van der Waals surface area (Å²) in [6.45, 7) is 10.6. The Morgan fingerprint density at radius 2 is 1.87 bits per heavy atom. The van der Waals surface area contributed by atoms with E-state index in [1.165, 1.54) is 0 Å². The lowest BCUT2D eigenvalue weighted by atomic mass is 9.94. The normalized spacial score (nSPS) is 24.8. The minimum Gasteiger partial charge on any atom is -0.465 e. The Hall–Kier alpha value is -2.35. The van der Waals surface area contributed by atoms with Crippen molar-refractivity contribution in [3.63, 3.8) is 0 Å². The van der Waals surface area contributed by atoms with Crippen LogP contribution in [0.2, 0.25) is 0 Å². The number of rotatable bonds is 3. The van der Waals surface area contributed by atoms with Crippen LogP contribution in [0.4, 0.5) is 10.6 Å². The van der Waals surface area contributed by atoms with Gasteiger partial charge in [0.25, 0.3) is 5.56 Å². The van der Waals surface area contributed by atoms with Gasteiger partial charge < -0.3 is 14.9 Å². The highest BCUT2D eigenvalue weighted by molar-refractivity contribution is 5.97. The Kier molecular flexibility index (Phi) is 5.16. The van der Waals surface area contributed by atoms with E-state index < -0.39 is 11.6 Å². The number of anilines is 1. The molecule has 164 valence electrons. The van der Waals surface area contributed by atoms with Crippen molar-refractivity contribution in [1.82, 2.24) is 14.4 Å². The van der Waals surface area contributed by atoms with Gasteiger partial charge in [-0.05, 0) is 51.2 Å². The van der Waals surface area contributed by atoms with Crippen LogP contribution in [0.1, 0.15) is 64.5 Å². The van der Waals surface area contributed by atoms with Crippen LogP contribution in [0.5, 0.6) is 0 Å². The molecule has 1 aromatic rings. The maximum Gasteiger partial charge on any atom is 0.407 e. The van der Waals surface area contributed by atoms with Gasteiger partial charge in [-0.2, -0.15) is 0 Å². The van der Waals surface area contributed by atoms with Gasteiger partial charge in [0.05, 0.1) is 6.04 Å². The molecule has 4 heterocycles. The lowest BCUT2D eigenvalue weighted by Crippen LogP contribution is -2.55. The molecule has 2 atom stereocenters. The van der Waals surface area contributed by atoms with Gasteiger partial charge in [0, 0.05) is 50.2 Å². The number of hydrogen-bond acceptors (Lipinski definition) is 4. The molecular weight excluding hydrogens is 384 g/mol. The van der Waals surface area contributed by atoms with E-state index in [0.717, 1.165) is 37.3 Å². The Bertz CT molecular complexity index is 911. The summed E-state index contributed by atoms with van der Waals surface area (Å²) in [5, 5.41) is 9.67. The molecule has 8 nitrogen and oxygen atoms in total. The zero-order valence-electron chi connectivity index (χ0n) is 18.3. The third-order valence-electron chi connectivity index (χ3n) is 6.78. The van der Waals surface area contributed by atoms with Crippen LogP contribution in [-0.2, 0) is 4.79 Å². The molecule has 0 radical (unpaired) electrons. The molecule has 1 N–H and O–H groups in total. The third kappa shape index (κ3) is 3.51. The standard InChI is InChI=1S/C22H32N4O4/c1-14-11-19(28)24-13-16(25-18(27)6-5-17(14)20(24)25)12-23-9-7-15(8-10-23)26(21(29)30)22(2,3)4/h5-6,14-16H,7-13H2,1-4H3,(H,29,30)/t14?,16-/m1/s1. The lowest BCUT2D eigenvalue weighted by molar-refractivity contribution is -0.119. The molecule has 0 spiro atoms. The summed E-state index contributed by atoms with van der Waals surface area (Å²) in [7, 11) is 0. The molecule has 8 heteroatoms. The maximum absolute atomic E-state index is 12.7. The van der Waals surface area contributed by atoms with E-state index in [0.29, 0.717) is 19.5 Å². The summed E-state index contributed by atoms with van der Waals surface area (Å²) in [5.74, 6) is 1.01. The first kappa shape index (κ1) is 20.9. The van der Waals surface area contributed by atoms with Crippen molar-refractivity contribution in [1.29, 1.82) is 0 Å². The quantitative estimate of drug-likeness (QED) is 0.818. The van der Waals surface area contributed by atoms with Crippen LogP contribution < -0.4 is 10.5 Å². The largest absolute Gasteiger partial charge is 0.465 e. The topological polar surface area (TPSA) is 86.1 Å². The van der Waals surface area contributed by atoms with Crippen molar-refractivity contribution in [2.75, 3.05) is 31.1 Å². The minimum atomic E-state index is -0.869. The zero-order chi connectivity index (χ0) is 21.8. The Morgan fingerprint density at radius 1 is 1.20 bits per heavy atom. The average molecular weight is 417 g/mol. The van der Waals surface area contributed by atoms with Gasteiger partial charge in [-0.25, -0.2) is 4.79 Å². The molecule has 0 bridgehead atoms. The van der Waals surface area contributed by atoms with E-state index in [4.69, 9.17) is 0 Å². The van der Waals surface area contributed by atoms with Crippen LogP contribution >= 0.6 is 0 Å².